The summed E-state index contributed by atoms with van der Waals surface area (Å²) in [7, 11) is 0. The van der Waals surface area contributed by atoms with E-state index in [9.17, 15) is 4.79 Å². The molecule has 164 valence electrons. The van der Waals surface area contributed by atoms with Gasteiger partial charge in [0.2, 0.25) is 6.79 Å². The molecule has 3 aromatic rings. The molecule has 0 saturated carbocycles. The van der Waals surface area contributed by atoms with Crippen LogP contribution in [-0.4, -0.2) is 30.2 Å². The number of carbonyl (C=O) groups excluding carboxylic acids is 1. The Balaban J connectivity index is 1.33. The minimum absolute atomic E-state index is 0.0882. The molecule has 1 amide bonds. The van der Waals surface area contributed by atoms with E-state index in [0.29, 0.717) is 35.4 Å². The molecule has 2 aliphatic heterocycles. The van der Waals surface area contributed by atoms with E-state index in [1.807, 2.05) is 35.2 Å². The number of carbonyl (C=O) groups is 1. The number of hydrogen-bond acceptors (Lipinski definition) is 4. The van der Waals surface area contributed by atoms with Gasteiger partial charge in [-0.1, -0.05) is 53.5 Å². The summed E-state index contributed by atoms with van der Waals surface area (Å²) in [5.41, 5.74) is 3.89. The molecule has 5 rings (SSSR count). The highest BCUT2D eigenvalue weighted by atomic mass is 35.5. The van der Waals surface area contributed by atoms with E-state index in [1.54, 1.807) is 18.2 Å². The molecule has 2 aliphatic rings. The summed E-state index contributed by atoms with van der Waals surface area (Å²) in [5, 5.41) is 0.793. The normalized spacial score (nSPS) is 16.7. The fraction of sp³-hybridized carbons (Fsp3) is 0.240. The largest absolute Gasteiger partial charge is 0.454 e. The van der Waals surface area contributed by atoms with Gasteiger partial charge in [0, 0.05) is 12.1 Å². The van der Waals surface area contributed by atoms with Gasteiger partial charge in [-0.05, 0) is 53.4 Å². The van der Waals surface area contributed by atoms with Crippen molar-refractivity contribution in [3.8, 4) is 11.5 Å². The lowest BCUT2D eigenvalue weighted by molar-refractivity contribution is 0.0325. The van der Waals surface area contributed by atoms with Crippen LogP contribution in [0.4, 0.5) is 0 Å². The molecule has 0 spiro atoms. The summed E-state index contributed by atoms with van der Waals surface area (Å²) >= 11 is 12.2. The monoisotopic (exact) mass is 469 g/mol. The SMILES string of the molecule is O=C(c1ccc(Cl)c(Cl)c1)N1Cc2ccccc2C[C@H]1COCc1ccc2c(c1)OCO2. The van der Waals surface area contributed by atoms with Gasteiger partial charge >= 0.3 is 0 Å². The second-order valence-electron chi connectivity index (χ2n) is 7.89. The van der Waals surface area contributed by atoms with Crippen molar-refractivity contribution in [2.75, 3.05) is 13.4 Å². The van der Waals surface area contributed by atoms with Crippen LogP contribution in [-0.2, 0) is 24.3 Å². The number of amides is 1. The standard InChI is InChI=1S/C25H21Cl2NO4/c26-21-7-6-18(11-22(21)27)25(29)28-12-19-4-2-1-3-17(19)10-20(28)14-30-13-16-5-8-23-24(9-16)32-15-31-23/h1-9,11,20H,10,12-15H2/t20-/m0/s1. The highest BCUT2D eigenvalue weighted by molar-refractivity contribution is 6.42. The Kier molecular flexibility index (Phi) is 5.96. The van der Waals surface area contributed by atoms with Crippen molar-refractivity contribution in [1.82, 2.24) is 4.90 Å². The molecule has 7 heteroatoms. The smallest absolute Gasteiger partial charge is 0.254 e. The average Bonchev–Trinajstić information content (AvgIpc) is 3.28. The Hall–Kier alpha value is -2.73. The third-order valence-corrected chi connectivity index (χ3v) is 6.54. The zero-order valence-electron chi connectivity index (χ0n) is 17.2. The zero-order valence-corrected chi connectivity index (χ0v) is 18.7. The van der Waals surface area contributed by atoms with Crippen molar-refractivity contribution in [1.29, 1.82) is 0 Å². The van der Waals surface area contributed by atoms with Crippen LogP contribution in [0.2, 0.25) is 10.0 Å². The van der Waals surface area contributed by atoms with E-state index in [-0.39, 0.29) is 18.7 Å². The number of halogens is 2. The fourth-order valence-electron chi connectivity index (χ4n) is 4.11. The Morgan fingerprint density at radius 1 is 0.969 bits per heavy atom. The second-order valence-corrected chi connectivity index (χ2v) is 8.71. The van der Waals surface area contributed by atoms with Crippen LogP contribution in [0.5, 0.6) is 11.5 Å². The fourth-order valence-corrected chi connectivity index (χ4v) is 4.41. The first-order valence-electron chi connectivity index (χ1n) is 10.4. The number of nitrogens with zero attached hydrogens (tertiary/aromatic N) is 1. The summed E-state index contributed by atoms with van der Waals surface area (Å²) in [6.45, 7) is 1.60. The van der Waals surface area contributed by atoms with Gasteiger partial charge in [-0.25, -0.2) is 0 Å². The molecule has 2 heterocycles. The van der Waals surface area contributed by atoms with Crippen molar-refractivity contribution >= 4 is 29.1 Å². The molecule has 0 N–H and O–H groups in total. The van der Waals surface area contributed by atoms with Crippen LogP contribution >= 0.6 is 23.2 Å². The number of benzene rings is 3. The van der Waals surface area contributed by atoms with E-state index < -0.39 is 0 Å². The number of rotatable bonds is 5. The Morgan fingerprint density at radius 2 is 1.78 bits per heavy atom. The van der Waals surface area contributed by atoms with Crippen molar-refractivity contribution in [2.24, 2.45) is 0 Å². The molecule has 0 radical (unpaired) electrons. The van der Waals surface area contributed by atoms with Crippen LogP contribution in [0, 0.1) is 0 Å². The molecule has 5 nitrogen and oxygen atoms in total. The highest BCUT2D eigenvalue weighted by Crippen LogP contribution is 2.33. The topological polar surface area (TPSA) is 48.0 Å². The summed E-state index contributed by atoms with van der Waals surface area (Å²) in [5.74, 6) is 1.39. The summed E-state index contributed by atoms with van der Waals surface area (Å²) < 4.78 is 16.9. The maximum atomic E-state index is 13.4. The van der Waals surface area contributed by atoms with Crippen molar-refractivity contribution < 1.29 is 19.0 Å². The Morgan fingerprint density at radius 3 is 2.62 bits per heavy atom. The van der Waals surface area contributed by atoms with Crippen LogP contribution in [0.25, 0.3) is 0 Å². The minimum Gasteiger partial charge on any atom is -0.454 e. The summed E-state index contributed by atoms with van der Waals surface area (Å²) in [4.78, 5) is 15.2. The van der Waals surface area contributed by atoms with Crippen LogP contribution in [0.1, 0.15) is 27.0 Å². The van der Waals surface area contributed by atoms with Gasteiger partial charge in [0.25, 0.3) is 5.91 Å². The maximum Gasteiger partial charge on any atom is 0.254 e. The van der Waals surface area contributed by atoms with Gasteiger partial charge < -0.3 is 19.1 Å². The van der Waals surface area contributed by atoms with Crippen LogP contribution < -0.4 is 9.47 Å². The molecule has 32 heavy (non-hydrogen) atoms. The van der Waals surface area contributed by atoms with Gasteiger partial charge in [-0.15, -0.1) is 0 Å². The lowest BCUT2D eigenvalue weighted by atomic mass is 9.93. The van der Waals surface area contributed by atoms with E-state index in [1.165, 1.54) is 5.56 Å². The van der Waals surface area contributed by atoms with Crippen molar-refractivity contribution in [2.45, 2.75) is 25.6 Å². The van der Waals surface area contributed by atoms with Crippen LogP contribution in [0.15, 0.2) is 60.7 Å². The predicted molar refractivity (Wildman–Crippen MR) is 122 cm³/mol. The maximum absolute atomic E-state index is 13.4. The number of fused-ring (bicyclic) bond motifs is 2. The first-order valence-corrected chi connectivity index (χ1v) is 11.1. The summed E-state index contributed by atoms with van der Waals surface area (Å²) in [6, 6.07) is 18.9. The molecule has 0 aromatic heterocycles. The lowest BCUT2D eigenvalue weighted by Crippen LogP contribution is -2.46. The summed E-state index contributed by atoms with van der Waals surface area (Å²) in [6.07, 6.45) is 0.727. The average molecular weight is 470 g/mol. The number of hydrogen-bond donors (Lipinski definition) is 0. The molecular weight excluding hydrogens is 449 g/mol. The van der Waals surface area contributed by atoms with E-state index in [2.05, 4.69) is 12.1 Å². The highest BCUT2D eigenvalue weighted by Gasteiger charge is 2.30. The predicted octanol–water partition coefficient (Wildman–Crippen LogP) is 5.51. The van der Waals surface area contributed by atoms with Gasteiger partial charge in [0.05, 0.1) is 29.3 Å². The zero-order chi connectivity index (χ0) is 22.1. The molecule has 0 unspecified atom stereocenters. The number of ether oxygens (including phenoxy) is 3. The van der Waals surface area contributed by atoms with Gasteiger partial charge in [-0.3, -0.25) is 4.79 Å². The van der Waals surface area contributed by atoms with E-state index in [4.69, 9.17) is 37.4 Å². The van der Waals surface area contributed by atoms with Gasteiger partial charge in [0.1, 0.15) is 0 Å². The Labute approximate surface area is 196 Å². The van der Waals surface area contributed by atoms with E-state index in [0.717, 1.165) is 29.0 Å². The molecular formula is C25H21Cl2NO4. The van der Waals surface area contributed by atoms with E-state index >= 15 is 0 Å². The quantitative estimate of drug-likeness (QED) is 0.494. The molecule has 3 aromatic carbocycles. The third kappa shape index (κ3) is 4.29. The second kappa shape index (κ2) is 9.02. The van der Waals surface area contributed by atoms with Crippen molar-refractivity contribution in [3.63, 3.8) is 0 Å². The molecule has 0 saturated heterocycles. The van der Waals surface area contributed by atoms with Gasteiger partial charge in [0.15, 0.2) is 11.5 Å². The first kappa shape index (κ1) is 21.1. The van der Waals surface area contributed by atoms with Crippen molar-refractivity contribution in [3.05, 3.63) is 93.0 Å². The molecule has 0 fully saturated rings. The minimum atomic E-state index is -0.0964. The molecule has 0 aliphatic carbocycles. The van der Waals surface area contributed by atoms with Gasteiger partial charge in [-0.2, -0.15) is 0 Å². The van der Waals surface area contributed by atoms with Crippen LogP contribution in [0.3, 0.4) is 0 Å². The first-order chi connectivity index (χ1) is 15.6. The molecule has 1 atom stereocenters. The molecule has 0 bridgehead atoms. The Bertz CT molecular complexity index is 1170. The third-order valence-electron chi connectivity index (χ3n) is 5.80. The lowest BCUT2D eigenvalue weighted by Gasteiger charge is -2.37.